The summed E-state index contributed by atoms with van der Waals surface area (Å²) in [4.78, 5) is 0. The SMILES string of the molecule is CN1CC=C(c2cccc3ccccc23)CN1. The largest absolute Gasteiger partial charge is 0.251 e. The second-order valence-electron chi connectivity index (χ2n) is 4.47. The van der Waals surface area contributed by atoms with Crippen LogP contribution in [-0.2, 0) is 0 Å². The highest BCUT2D eigenvalue weighted by Gasteiger charge is 2.10. The molecule has 2 aromatic rings. The first-order valence-corrected chi connectivity index (χ1v) is 5.96. The molecule has 1 heterocycles. The number of rotatable bonds is 1. The third-order valence-corrected chi connectivity index (χ3v) is 3.29. The third kappa shape index (κ3) is 1.97. The number of hydrogen-bond donors (Lipinski definition) is 1. The minimum atomic E-state index is 0.907. The molecule has 3 rings (SSSR count). The summed E-state index contributed by atoms with van der Waals surface area (Å²) < 4.78 is 0. The van der Waals surface area contributed by atoms with Gasteiger partial charge in [-0.05, 0) is 21.9 Å². The number of likely N-dealkylation sites (N-methyl/N-ethyl adjacent to an activating group) is 1. The zero-order valence-electron chi connectivity index (χ0n) is 9.98. The highest BCUT2D eigenvalue weighted by Crippen LogP contribution is 2.25. The lowest BCUT2D eigenvalue weighted by Gasteiger charge is -2.24. The van der Waals surface area contributed by atoms with Crippen LogP contribution < -0.4 is 5.43 Å². The molecule has 0 unspecified atom stereocenters. The van der Waals surface area contributed by atoms with Gasteiger partial charge < -0.3 is 0 Å². The lowest BCUT2D eigenvalue weighted by atomic mass is 9.97. The van der Waals surface area contributed by atoms with E-state index in [1.54, 1.807) is 0 Å². The average Bonchev–Trinajstić information content (AvgIpc) is 2.39. The minimum absolute atomic E-state index is 0.907. The van der Waals surface area contributed by atoms with Crippen LogP contribution in [0.1, 0.15) is 5.56 Å². The molecule has 2 heteroatoms. The van der Waals surface area contributed by atoms with Crippen LogP contribution in [0.3, 0.4) is 0 Å². The van der Waals surface area contributed by atoms with E-state index in [2.05, 4.69) is 66.0 Å². The van der Waals surface area contributed by atoms with Gasteiger partial charge in [0.15, 0.2) is 0 Å². The van der Waals surface area contributed by atoms with Gasteiger partial charge >= 0.3 is 0 Å². The molecule has 1 aliphatic rings. The predicted octanol–water partition coefficient (Wildman–Crippen LogP) is 2.67. The quantitative estimate of drug-likeness (QED) is 0.801. The molecule has 17 heavy (non-hydrogen) atoms. The molecule has 0 bridgehead atoms. The van der Waals surface area contributed by atoms with Crippen molar-refractivity contribution < 1.29 is 0 Å². The smallest absolute Gasteiger partial charge is 0.0356 e. The number of benzene rings is 2. The van der Waals surface area contributed by atoms with Gasteiger partial charge in [0.05, 0.1) is 0 Å². The summed E-state index contributed by atoms with van der Waals surface area (Å²) in [6.07, 6.45) is 2.30. The molecule has 0 radical (unpaired) electrons. The fourth-order valence-corrected chi connectivity index (χ4v) is 2.31. The summed E-state index contributed by atoms with van der Waals surface area (Å²) in [5.74, 6) is 0. The zero-order chi connectivity index (χ0) is 11.7. The van der Waals surface area contributed by atoms with Crippen molar-refractivity contribution in [3.63, 3.8) is 0 Å². The first kappa shape index (κ1) is 10.5. The zero-order valence-corrected chi connectivity index (χ0v) is 9.98. The fraction of sp³-hybridized carbons (Fsp3) is 0.200. The van der Waals surface area contributed by atoms with Gasteiger partial charge in [-0.3, -0.25) is 5.43 Å². The van der Waals surface area contributed by atoms with Crippen molar-refractivity contribution >= 4 is 16.3 Å². The Morgan fingerprint density at radius 3 is 2.71 bits per heavy atom. The van der Waals surface area contributed by atoms with Gasteiger partial charge in [0.2, 0.25) is 0 Å². The first-order valence-electron chi connectivity index (χ1n) is 5.96. The van der Waals surface area contributed by atoms with Crippen molar-refractivity contribution in [2.75, 3.05) is 20.1 Å². The summed E-state index contributed by atoms with van der Waals surface area (Å²) >= 11 is 0. The van der Waals surface area contributed by atoms with Gasteiger partial charge in [0.1, 0.15) is 0 Å². The number of nitrogens with one attached hydrogen (secondary N) is 1. The van der Waals surface area contributed by atoms with E-state index in [1.807, 2.05) is 0 Å². The average molecular weight is 224 g/mol. The molecule has 2 aromatic carbocycles. The summed E-state index contributed by atoms with van der Waals surface area (Å²) in [7, 11) is 2.07. The minimum Gasteiger partial charge on any atom is -0.251 e. The maximum absolute atomic E-state index is 3.36. The molecule has 0 atom stereocenters. The molecule has 0 aromatic heterocycles. The molecule has 0 saturated heterocycles. The second kappa shape index (κ2) is 4.32. The summed E-state index contributed by atoms with van der Waals surface area (Å²) in [5, 5.41) is 4.76. The van der Waals surface area contributed by atoms with Gasteiger partial charge in [-0.2, -0.15) is 0 Å². The monoisotopic (exact) mass is 224 g/mol. The number of fused-ring (bicyclic) bond motifs is 1. The maximum atomic E-state index is 3.36. The Bertz CT molecular complexity index is 567. The Balaban J connectivity index is 2.11. The van der Waals surface area contributed by atoms with Crippen LogP contribution in [0.4, 0.5) is 0 Å². The molecule has 0 aliphatic carbocycles. The molecular formula is C15H16N2. The Morgan fingerprint density at radius 1 is 1.06 bits per heavy atom. The molecular weight excluding hydrogens is 208 g/mol. The Morgan fingerprint density at radius 2 is 1.88 bits per heavy atom. The van der Waals surface area contributed by atoms with E-state index in [9.17, 15) is 0 Å². The fourth-order valence-electron chi connectivity index (χ4n) is 2.31. The van der Waals surface area contributed by atoms with Crippen LogP contribution in [0.2, 0.25) is 0 Å². The molecule has 1 N–H and O–H groups in total. The van der Waals surface area contributed by atoms with Crippen LogP contribution in [-0.4, -0.2) is 25.1 Å². The van der Waals surface area contributed by atoms with Crippen molar-refractivity contribution in [2.24, 2.45) is 0 Å². The topological polar surface area (TPSA) is 15.3 Å². The molecule has 0 saturated carbocycles. The van der Waals surface area contributed by atoms with Gasteiger partial charge in [0, 0.05) is 20.1 Å². The van der Waals surface area contributed by atoms with Gasteiger partial charge in [-0.25, -0.2) is 5.01 Å². The van der Waals surface area contributed by atoms with Crippen molar-refractivity contribution in [3.05, 3.63) is 54.1 Å². The molecule has 2 nitrogen and oxygen atoms in total. The maximum Gasteiger partial charge on any atom is 0.0356 e. The highest BCUT2D eigenvalue weighted by molar-refractivity contribution is 5.94. The highest BCUT2D eigenvalue weighted by atomic mass is 15.5. The van der Waals surface area contributed by atoms with Gasteiger partial charge in [-0.15, -0.1) is 0 Å². The van der Waals surface area contributed by atoms with Crippen LogP contribution in [0.25, 0.3) is 16.3 Å². The molecule has 1 aliphatic heterocycles. The van der Waals surface area contributed by atoms with Crippen molar-refractivity contribution in [1.29, 1.82) is 0 Å². The number of hydrazine groups is 1. The van der Waals surface area contributed by atoms with E-state index in [0.29, 0.717) is 0 Å². The van der Waals surface area contributed by atoms with Crippen molar-refractivity contribution in [3.8, 4) is 0 Å². The molecule has 0 fully saturated rings. The van der Waals surface area contributed by atoms with Gasteiger partial charge in [-0.1, -0.05) is 48.5 Å². The van der Waals surface area contributed by atoms with Gasteiger partial charge in [0.25, 0.3) is 0 Å². The standard InChI is InChI=1S/C15H16N2/c1-17-10-9-13(11-16-17)15-8-4-6-12-5-2-3-7-14(12)15/h2-9,16H,10-11H2,1H3. The third-order valence-electron chi connectivity index (χ3n) is 3.29. The Hall–Kier alpha value is -1.64. The van der Waals surface area contributed by atoms with E-state index in [0.717, 1.165) is 13.1 Å². The van der Waals surface area contributed by atoms with Crippen molar-refractivity contribution in [1.82, 2.24) is 10.4 Å². The lowest BCUT2D eigenvalue weighted by Crippen LogP contribution is -2.38. The van der Waals surface area contributed by atoms with E-state index in [4.69, 9.17) is 0 Å². The first-order chi connectivity index (χ1) is 8.34. The summed E-state index contributed by atoms with van der Waals surface area (Å²) in [6.45, 7) is 1.86. The normalized spacial score (nSPS) is 17.1. The Kier molecular flexibility index (Phi) is 2.67. The van der Waals surface area contributed by atoms with E-state index in [-0.39, 0.29) is 0 Å². The molecule has 0 amide bonds. The van der Waals surface area contributed by atoms with E-state index < -0.39 is 0 Å². The van der Waals surface area contributed by atoms with Crippen LogP contribution in [0, 0.1) is 0 Å². The molecule has 86 valence electrons. The Labute approximate surface area is 102 Å². The summed E-state index contributed by atoms with van der Waals surface area (Å²) in [5.41, 5.74) is 6.10. The second-order valence-corrected chi connectivity index (χ2v) is 4.47. The summed E-state index contributed by atoms with van der Waals surface area (Å²) in [6, 6.07) is 15.1. The van der Waals surface area contributed by atoms with Crippen molar-refractivity contribution in [2.45, 2.75) is 0 Å². The predicted molar refractivity (Wildman–Crippen MR) is 72.6 cm³/mol. The molecule has 0 spiro atoms. The van der Waals surface area contributed by atoms with E-state index >= 15 is 0 Å². The number of hydrogen-bond acceptors (Lipinski definition) is 2. The van der Waals surface area contributed by atoms with Crippen LogP contribution in [0.5, 0.6) is 0 Å². The number of nitrogens with zero attached hydrogens (tertiary/aromatic N) is 1. The van der Waals surface area contributed by atoms with Crippen LogP contribution >= 0.6 is 0 Å². The van der Waals surface area contributed by atoms with E-state index in [1.165, 1.54) is 21.9 Å². The van der Waals surface area contributed by atoms with Crippen LogP contribution in [0.15, 0.2) is 48.5 Å². The lowest BCUT2D eigenvalue weighted by molar-refractivity contribution is 0.268.